The molecule has 7 heteroatoms. The smallest absolute Gasteiger partial charge is 0.256 e. The van der Waals surface area contributed by atoms with Crippen molar-refractivity contribution in [3.63, 3.8) is 0 Å². The van der Waals surface area contributed by atoms with Gasteiger partial charge in [-0.15, -0.1) is 0 Å². The van der Waals surface area contributed by atoms with Gasteiger partial charge in [-0.3, -0.25) is 14.4 Å². The molecule has 2 aromatic rings. The van der Waals surface area contributed by atoms with E-state index in [1.807, 2.05) is 0 Å². The van der Waals surface area contributed by atoms with Crippen LogP contribution in [0, 0.1) is 0 Å². The quantitative estimate of drug-likeness (QED) is 0.866. The van der Waals surface area contributed by atoms with Crippen molar-refractivity contribution in [1.82, 2.24) is 10.2 Å². The van der Waals surface area contributed by atoms with E-state index in [9.17, 15) is 14.4 Å². The molecule has 3 amide bonds. The number of nitrogens with zero attached hydrogens (tertiary/aromatic N) is 1. The van der Waals surface area contributed by atoms with Crippen molar-refractivity contribution in [1.29, 1.82) is 0 Å². The second kappa shape index (κ2) is 6.75. The average molecular weight is 365 g/mol. The predicted molar refractivity (Wildman–Crippen MR) is 98.8 cm³/mol. The van der Waals surface area contributed by atoms with Gasteiger partial charge in [0.05, 0.1) is 18.4 Å². The Labute approximate surface area is 156 Å². The number of carbonyl (C=O) groups excluding carboxylic acids is 3. The fourth-order valence-corrected chi connectivity index (χ4v) is 3.57. The number of anilines is 1. The van der Waals surface area contributed by atoms with Gasteiger partial charge in [0.15, 0.2) is 0 Å². The fourth-order valence-electron chi connectivity index (χ4n) is 3.57. The van der Waals surface area contributed by atoms with Crippen molar-refractivity contribution < 1.29 is 19.1 Å². The van der Waals surface area contributed by atoms with Crippen LogP contribution < -0.4 is 15.4 Å². The normalized spacial score (nSPS) is 21.0. The Bertz CT molecular complexity index is 910. The summed E-state index contributed by atoms with van der Waals surface area (Å²) in [5.41, 5.74) is 1.50. The number of fused-ring (bicyclic) bond motifs is 2. The Balaban J connectivity index is 1.50. The number of ether oxygens (including phenoxy) is 1. The third-order valence-electron chi connectivity index (χ3n) is 4.97. The first kappa shape index (κ1) is 17.1. The summed E-state index contributed by atoms with van der Waals surface area (Å²) in [6.45, 7) is 0.299. The van der Waals surface area contributed by atoms with E-state index < -0.39 is 6.04 Å². The number of para-hydroxylation sites is 1. The molecule has 2 atom stereocenters. The monoisotopic (exact) mass is 365 g/mol. The minimum Gasteiger partial charge on any atom is -0.497 e. The topological polar surface area (TPSA) is 87.7 Å². The summed E-state index contributed by atoms with van der Waals surface area (Å²) in [5.74, 6) is -0.0000529. The second-order valence-electron chi connectivity index (χ2n) is 6.64. The Morgan fingerprint density at radius 1 is 1.15 bits per heavy atom. The molecule has 1 saturated heterocycles. The highest BCUT2D eigenvalue weighted by atomic mass is 16.5. The van der Waals surface area contributed by atoms with Gasteiger partial charge in [0, 0.05) is 18.2 Å². The molecule has 2 heterocycles. The van der Waals surface area contributed by atoms with Crippen molar-refractivity contribution in [2.75, 3.05) is 19.0 Å². The van der Waals surface area contributed by atoms with Gasteiger partial charge >= 0.3 is 0 Å². The molecule has 2 N–H and O–H groups in total. The van der Waals surface area contributed by atoms with Gasteiger partial charge in [0.25, 0.3) is 11.8 Å². The van der Waals surface area contributed by atoms with Crippen LogP contribution in [0.2, 0.25) is 0 Å². The Kier molecular flexibility index (Phi) is 4.27. The van der Waals surface area contributed by atoms with Crippen LogP contribution in [0.1, 0.15) is 27.1 Å². The maximum absolute atomic E-state index is 12.8. The molecule has 138 valence electrons. The van der Waals surface area contributed by atoms with E-state index in [4.69, 9.17) is 4.74 Å². The van der Waals surface area contributed by atoms with Crippen LogP contribution in [0.3, 0.4) is 0 Å². The van der Waals surface area contributed by atoms with Crippen molar-refractivity contribution in [3.05, 3.63) is 59.7 Å². The van der Waals surface area contributed by atoms with Crippen LogP contribution in [-0.4, -0.2) is 48.4 Å². The highest BCUT2D eigenvalue weighted by Gasteiger charge is 2.43. The van der Waals surface area contributed by atoms with Gasteiger partial charge in [-0.1, -0.05) is 12.1 Å². The van der Waals surface area contributed by atoms with Gasteiger partial charge < -0.3 is 20.3 Å². The Hall–Kier alpha value is -3.35. The number of benzene rings is 2. The minimum atomic E-state index is -0.592. The summed E-state index contributed by atoms with van der Waals surface area (Å²) in [5, 5.41) is 5.74. The molecule has 0 aromatic heterocycles. The summed E-state index contributed by atoms with van der Waals surface area (Å²) in [4.78, 5) is 39.4. The lowest BCUT2D eigenvalue weighted by Crippen LogP contribution is -2.41. The van der Waals surface area contributed by atoms with Gasteiger partial charge in [-0.2, -0.15) is 0 Å². The first-order chi connectivity index (χ1) is 13.1. The minimum absolute atomic E-state index is 0.199. The zero-order valence-electron chi connectivity index (χ0n) is 14.8. The lowest BCUT2D eigenvalue weighted by atomic mass is 10.1. The van der Waals surface area contributed by atoms with E-state index in [2.05, 4.69) is 10.6 Å². The lowest BCUT2D eigenvalue weighted by Gasteiger charge is -2.20. The van der Waals surface area contributed by atoms with Gasteiger partial charge in [0.1, 0.15) is 11.8 Å². The van der Waals surface area contributed by atoms with E-state index in [0.717, 1.165) is 0 Å². The van der Waals surface area contributed by atoms with E-state index in [1.165, 1.54) is 0 Å². The number of nitrogens with one attached hydrogen (secondary N) is 2. The zero-order valence-corrected chi connectivity index (χ0v) is 14.8. The summed E-state index contributed by atoms with van der Waals surface area (Å²) in [6.07, 6.45) is 0.382. The molecule has 2 aliphatic rings. The molecular formula is C20H19N3O4. The number of rotatable bonds is 3. The number of carbonyl (C=O) groups is 3. The number of methoxy groups -OCH3 is 1. The first-order valence-corrected chi connectivity index (χ1v) is 8.72. The molecule has 0 spiro atoms. The fraction of sp³-hybridized carbons (Fsp3) is 0.250. The van der Waals surface area contributed by atoms with Crippen LogP contribution >= 0.6 is 0 Å². The molecule has 2 aromatic carbocycles. The molecule has 0 aliphatic carbocycles. The standard InChI is InChI=1S/C20H19N3O4/c1-27-14-8-6-12(7-9-14)18(24)21-13-10-17-19(25)22-16-5-3-2-4-15(16)20(26)23(17)11-13/h2-9,13,17H,10-11H2,1H3,(H,21,24)(H,22,25). The summed E-state index contributed by atoms with van der Waals surface area (Å²) in [7, 11) is 1.56. The van der Waals surface area contributed by atoms with E-state index in [-0.39, 0.29) is 23.8 Å². The highest BCUT2D eigenvalue weighted by molar-refractivity contribution is 6.10. The molecule has 2 unspecified atom stereocenters. The molecule has 4 rings (SSSR count). The zero-order chi connectivity index (χ0) is 19.0. The number of hydrogen-bond donors (Lipinski definition) is 2. The van der Waals surface area contributed by atoms with Crippen LogP contribution in [0.25, 0.3) is 0 Å². The van der Waals surface area contributed by atoms with E-state index in [1.54, 1.807) is 60.5 Å². The molecule has 1 fully saturated rings. The number of amides is 3. The molecule has 2 aliphatic heterocycles. The predicted octanol–water partition coefficient (Wildman–Crippen LogP) is 1.66. The van der Waals surface area contributed by atoms with Crippen molar-refractivity contribution in [2.24, 2.45) is 0 Å². The van der Waals surface area contributed by atoms with Crippen LogP contribution in [-0.2, 0) is 4.79 Å². The molecule has 0 radical (unpaired) electrons. The van der Waals surface area contributed by atoms with Crippen molar-refractivity contribution in [3.8, 4) is 5.75 Å². The second-order valence-corrected chi connectivity index (χ2v) is 6.64. The molecule has 27 heavy (non-hydrogen) atoms. The van der Waals surface area contributed by atoms with Crippen molar-refractivity contribution in [2.45, 2.75) is 18.5 Å². The van der Waals surface area contributed by atoms with Gasteiger partial charge in [-0.25, -0.2) is 0 Å². The van der Waals surface area contributed by atoms with Gasteiger partial charge in [0.2, 0.25) is 5.91 Å². The van der Waals surface area contributed by atoms with Crippen LogP contribution in [0.15, 0.2) is 48.5 Å². The van der Waals surface area contributed by atoms with Crippen LogP contribution in [0.5, 0.6) is 5.75 Å². The highest BCUT2D eigenvalue weighted by Crippen LogP contribution is 2.28. The SMILES string of the molecule is COc1ccc(C(=O)NC2CC3C(=O)Nc4ccccc4C(=O)N3C2)cc1. The largest absolute Gasteiger partial charge is 0.497 e. The Morgan fingerprint density at radius 2 is 1.89 bits per heavy atom. The summed E-state index contributed by atoms with van der Waals surface area (Å²) < 4.78 is 5.09. The third kappa shape index (κ3) is 3.12. The summed E-state index contributed by atoms with van der Waals surface area (Å²) >= 11 is 0. The lowest BCUT2D eigenvalue weighted by molar-refractivity contribution is -0.119. The maximum Gasteiger partial charge on any atom is 0.256 e. The van der Waals surface area contributed by atoms with E-state index >= 15 is 0 Å². The molecular weight excluding hydrogens is 346 g/mol. The summed E-state index contributed by atoms with van der Waals surface area (Å²) in [6, 6.07) is 12.9. The maximum atomic E-state index is 12.8. The molecule has 0 saturated carbocycles. The number of hydrogen-bond acceptors (Lipinski definition) is 4. The third-order valence-corrected chi connectivity index (χ3v) is 4.97. The Morgan fingerprint density at radius 3 is 2.63 bits per heavy atom. The molecule has 0 bridgehead atoms. The van der Waals surface area contributed by atoms with Crippen LogP contribution in [0.4, 0.5) is 5.69 Å². The van der Waals surface area contributed by atoms with Gasteiger partial charge in [-0.05, 0) is 42.8 Å². The molecule has 7 nitrogen and oxygen atoms in total. The first-order valence-electron chi connectivity index (χ1n) is 8.72. The van der Waals surface area contributed by atoms with E-state index in [0.29, 0.717) is 35.5 Å². The average Bonchev–Trinajstić information content (AvgIpc) is 3.08. The van der Waals surface area contributed by atoms with Crippen molar-refractivity contribution >= 4 is 23.4 Å².